The Balaban J connectivity index is 1.87. The van der Waals surface area contributed by atoms with Gasteiger partial charge in [0.2, 0.25) is 0 Å². The molecule has 0 aromatic rings. The van der Waals surface area contributed by atoms with Crippen molar-refractivity contribution in [1.29, 1.82) is 0 Å². The summed E-state index contributed by atoms with van der Waals surface area (Å²) >= 11 is 0. The standard InChI is InChI=1S/C13H26N2/c1-11-5-8-15(9-11)10-12-13(2,3)6-4-7-14-12/h11-12,14H,4-10H2,1-3H3. The van der Waals surface area contributed by atoms with E-state index in [9.17, 15) is 0 Å². The quantitative estimate of drug-likeness (QED) is 0.751. The molecule has 2 aliphatic rings. The molecule has 2 atom stereocenters. The van der Waals surface area contributed by atoms with E-state index in [4.69, 9.17) is 0 Å². The molecule has 15 heavy (non-hydrogen) atoms. The minimum atomic E-state index is 0.490. The zero-order valence-electron chi connectivity index (χ0n) is 10.6. The molecule has 2 heterocycles. The molecule has 0 amide bonds. The molecule has 2 aliphatic heterocycles. The van der Waals surface area contributed by atoms with Crippen molar-refractivity contribution in [3.63, 3.8) is 0 Å². The molecular weight excluding hydrogens is 184 g/mol. The fourth-order valence-corrected chi connectivity index (χ4v) is 3.03. The van der Waals surface area contributed by atoms with E-state index in [1.165, 1.54) is 45.4 Å². The van der Waals surface area contributed by atoms with Crippen molar-refractivity contribution >= 4 is 0 Å². The van der Waals surface area contributed by atoms with Crippen molar-refractivity contribution in [3.8, 4) is 0 Å². The highest BCUT2D eigenvalue weighted by molar-refractivity contribution is 4.91. The van der Waals surface area contributed by atoms with E-state index in [1.807, 2.05) is 0 Å². The van der Waals surface area contributed by atoms with Gasteiger partial charge in [-0.2, -0.15) is 0 Å². The predicted octanol–water partition coefficient (Wildman–Crippen LogP) is 2.11. The topological polar surface area (TPSA) is 15.3 Å². The van der Waals surface area contributed by atoms with Crippen molar-refractivity contribution in [2.45, 2.75) is 46.1 Å². The van der Waals surface area contributed by atoms with Crippen LogP contribution in [-0.4, -0.2) is 37.1 Å². The summed E-state index contributed by atoms with van der Waals surface area (Å²) in [6.45, 7) is 12.3. The third-order valence-electron chi connectivity index (χ3n) is 4.28. The van der Waals surface area contributed by atoms with Crippen LogP contribution in [0.25, 0.3) is 0 Å². The van der Waals surface area contributed by atoms with Crippen molar-refractivity contribution in [2.75, 3.05) is 26.2 Å². The summed E-state index contributed by atoms with van der Waals surface area (Å²) < 4.78 is 0. The fraction of sp³-hybridized carbons (Fsp3) is 1.00. The summed E-state index contributed by atoms with van der Waals surface area (Å²) in [4.78, 5) is 2.65. The molecule has 2 unspecified atom stereocenters. The molecule has 0 radical (unpaired) electrons. The number of nitrogens with one attached hydrogen (secondary N) is 1. The van der Waals surface area contributed by atoms with Gasteiger partial charge in [-0.1, -0.05) is 20.8 Å². The fourth-order valence-electron chi connectivity index (χ4n) is 3.03. The first-order valence-corrected chi connectivity index (χ1v) is 6.54. The Kier molecular flexibility index (Phi) is 3.36. The molecule has 0 saturated carbocycles. The van der Waals surface area contributed by atoms with E-state index in [1.54, 1.807) is 0 Å². The van der Waals surface area contributed by atoms with Gasteiger partial charge in [-0.25, -0.2) is 0 Å². The summed E-state index contributed by atoms with van der Waals surface area (Å²) in [7, 11) is 0. The molecule has 2 rings (SSSR count). The summed E-state index contributed by atoms with van der Waals surface area (Å²) in [5.74, 6) is 0.914. The Morgan fingerprint density at radius 3 is 2.80 bits per heavy atom. The molecule has 0 aromatic carbocycles. The summed E-state index contributed by atoms with van der Waals surface area (Å²) in [6.07, 6.45) is 4.13. The average Bonchev–Trinajstić information content (AvgIpc) is 2.55. The van der Waals surface area contributed by atoms with E-state index < -0.39 is 0 Å². The van der Waals surface area contributed by atoms with Crippen molar-refractivity contribution in [2.24, 2.45) is 11.3 Å². The molecule has 0 aliphatic carbocycles. The second kappa shape index (κ2) is 4.42. The molecule has 2 saturated heterocycles. The van der Waals surface area contributed by atoms with Gasteiger partial charge in [0, 0.05) is 19.1 Å². The zero-order chi connectivity index (χ0) is 10.9. The van der Waals surface area contributed by atoms with Crippen LogP contribution in [0.1, 0.15) is 40.0 Å². The molecule has 1 N–H and O–H groups in total. The Morgan fingerprint density at radius 1 is 1.40 bits per heavy atom. The van der Waals surface area contributed by atoms with Crippen LogP contribution < -0.4 is 5.32 Å². The van der Waals surface area contributed by atoms with Gasteiger partial charge in [-0.15, -0.1) is 0 Å². The lowest BCUT2D eigenvalue weighted by Crippen LogP contribution is -2.52. The maximum absolute atomic E-state index is 3.71. The number of rotatable bonds is 2. The van der Waals surface area contributed by atoms with Crippen molar-refractivity contribution in [3.05, 3.63) is 0 Å². The predicted molar refractivity (Wildman–Crippen MR) is 65.0 cm³/mol. The van der Waals surface area contributed by atoms with Crippen LogP contribution in [0.15, 0.2) is 0 Å². The van der Waals surface area contributed by atoms with Crippen molar-refractivity contribution in [1.82, 2.24) is 10.2 Å². The Labute approximate surface area is 94.4 Å². The molecule has 0 aromatic heterocycles. The zero-order valence-corrected chi connectivity index (χ0v) is 10.6. The minimum absolute atomic E-state index is 0.490. The largest absolute Gasteiger partial charge is 0.312 e. The first kappa shape index (κ1) is 11.4. The van der Waals surface area contributed by atoms with Gasteiger partial charge in [-0.05, 0) is 43.7 Å². The van der Waals surface area contributed by atoms with Crippen molar-refractivity contribution < 1.29 is 0 Å². The first-order chi connectivity index (χ1) is 7.08. The third kappa shape index (κ3) is 2.73. The summed E-state index contributed by atoms with van der Waals surface area (Å²) in [6, 6.07) is 0.705. The number of nitrogens with zero attached hydrogens (tertiary/aromatic N) is 1. The SMILES string of the molecule is CC1CCN(CC2NCCCC2(C)C)C1. The van der Waals surface area contributed by atoms with E-state index >= 15 is 0 Å². The molecular formula is C13H26N2. The van der Waals surface area contributed by atoms with Crippen LogP contribution in [0.4, 0.5) is 0 Å². The van der Waals surface area contributed by atoms with E-state index in [0.29, 0.717) is 11.5 Å². The van der Waals surface area contributed by atoms with Gasteiger partial charge in [0.25, 0.3) is 0 Å². The average molecular weight is 210 g/mol. The molecule has 2 fully saturated rings. The third-order valence-corrected chi connectivity index (χ3v) is 4.28. The van der Waals surface area contributed by atoms with Gasteiger partial charge >= 0.3 is 0 Å². The highest BCUT2D eigenvalue weighted by Gasteiger charge is 2.34. The molecule has 0 bridgehead atoms. The molecule has 0 spiro atoms. The molecule has 88 valence electrons. The number of hydrogen-bond acceptors (Lipinski definition) is 2. The summed E-state index contributed by atoms with van der Waals surface area (Å²) in [5, 5.41) is 3.71. The lowest BCUT2D eigenvalue weighted by Gasteiger charge is -2.41. The highest BCUT2D eigenvalue weighted by Crippen LogP contribution is 2.31. The van der Waals surface area contributed by atoms with E-state index in [2.05, 4.69) is 31.0 Å². The van der Waals surface area contributed by atoms with Crippen LogP contribution in [0, 0.1) is 11.3 Å². The van der Waals surface area contributed by atoms with Gasteiger partial charge < -0.3 is 10.2 Å². The van der Waals surface area contributed by atoms with Crippen LogP contribution in [0.3, 0.4) is 0 Å². The van der Waals surface area contributed by atoms with Gasteiger partial charge in [0.1, 0.15) is 0 Å². The lowest BCUT2D eigenvalue weighted by atomic mass is 9.77. The second-order valence-corrected chi connectivity index (χ2v) is 6.25. The van der Waals surface area contributed by atoms with Crippen LogP contribution in [0.5, 0.6) is 0 Å². The lowest BCUT2D eigenvalue weighted by molar-refractivity contribution is 0.136. The van der Waals surface area contributed by atoms with Gasteiger partial charge in [0.15, 0.2) is 0 Å². The number of likely N-dealkylation sites (tertiary alicyclic amines) is 1. The monoisotopic (exact) mass is 210 g/mol. The Morgan fingerprint density at radius 2 is 2.20 bits per heavy atom. The Hall–Kier alpha value is -0.0800. The molecule has 2 nitrogen and oxygen atoms in total. The highest BCUT2D eigenvalue weighted by atomic mass is 15.2. The smallest absolute Gasteiger partial charge is 0.0246 e. The summed E-state index contributed by atoms with van der Waals surface area (Å²) in [5.41, 5.74) is 0.490. The molecule has 2 heteroatoms. The van der Waals surface area contributed by atoms with Crippen LogP contribution >= 0.6 is 0 Å². The van der Waals surface area contributed by atoms with E-state index in [-0.39, 0.29) is 0 Å². The van der Waals surface area contributed by atoms with Crippen LogP contribution in [0.2, 0.25) is 0 Å². The second-order valence-electron chi connectivity index (χ2n) is 6.25. The van der Waals surface area contributed by atoms with E-state index in [0.717, 1.165) is 5.92 Å². The van der Waals surface area contributed by atoms with Gasteiger partial charge in [0.05, 0.1) is 0 Å². The minimum Gasteiger partial charge on any atom is -0.312 e. The van der Waals surface area contributed by atoms with Crippen LogP contribution in [-0.2, 0) is 0 Å². The first-order valence-electron chi connectivity index (χ1n) is 6.54. The maximum Gasteiger partial charge on any atom is 0.0246 e. The maximum atomic E-state index is 3.71. The Bertz CT molecular complexity index is 213. The van der Waals surface area contributed by atoms with Gasteiger partial charge in [-0.3, -0.25) is 0 Å². The number of hydrogen-bond donors (Lipinski definition) is 1. The normalized spacial score (nSPS) is 37.0. The number of piperidine rings is 1.